The van der Waals surface area contributed by atoms with E-state index in [1.165, 1.54) is 22.5 Å². The Labute approximate surface area is 135 Å². The lowest BCUT2D eigenvalue weighted by molar-refractivity contribution is 0.0998. The zero-order chi connectivity index (χ0) is 17.1. The van der Waals surface area contributed by atoms with Gasteiger partial charge in [0.15, 0.2) is 0 Å². The number of nitrogens with one attached hydrogen (secondary N) is 1. The summed E-state index contributed by atoms with van der Waals surface area (Å²) in [5, 5.41) is 15.8. The van der Waals surface area contributed by atoms with Crippen LogP contribution < -0.4 is 11.1 Å². The zero-order valence-corrected chi connectivity index (χ0v) is 13.1. The number of nitrogens with two attached hydrogens (primary N) is 1. The molecule has 0 saturated heterocycles. The van der Waals surface area contributed by atoms with Crippen molar-refractivity contribution in [1.29, 1.82) is 5.26 Å². The summed E-state index contributed by atoms with van der Waals surface area (Å²) >= 11 is 1.21. The van der Waals surface area contributed by atoms with Crippen LogP contribution in [0.25, 0.3) is 0 Å². The highest BCUT2D eigenvalue weighted by atomic mass is 32.2. The fourth-order valence-electron chi connectivity index (χ4n) is 1.94. The summed E-state index contributed by atoms with van der Waals surface area (Å²) < 4.78 is 14.6. The van der Waals surface area contributed by atoms with Gasteiger partial charge in [0.05, 0.1) is 5.56 Å². The Morgan fingerprint density at radius 1 is 1.48 bits per heavy atom. The molecule has 0 aliphatic heterocycles. The summed E-state index contributed by atoms with van der Waals surface area (Å²) in [4.78, 5) is 23.9. The summed E-state index contributed by atoms with van der Waals surface area (Å²) in [7, 11) is 1.55. The van der Waals surface area contributed by atoms with Crippen LogP contribution in [-0.4, -0.2) is 27.9 Å². The number of carbonyl (C=O) groups is 2. The van der Waals surface area contributed by atoms with Crippen molar-refractivity contribution in [1.82, 2.24) is 9.78 Å². The third-order valence-electron chi connectivity index (χ3n) is 3.04. The molecule has 1 aromatic heterocycles. The van der Waals surface area contributed by atoms with Gasteiger partial charge in [0.25, 0.3) is 11.8 Å². The monoisotopic (exact) mass is 333 g/mol. The summed E-state index contributed by atoms with van der Waals surface area (Å²) in [6.07, 6.45) is 1.72. The molecule has 9 heteroatoms. The molecule has 0 saturated carbocycles. The first-order valence-electron chi connectivity index (χ1n) is 6.30. The van der Waals surface area contributed by atoms with Gasteiger partial charge in [-0.05, 0) is 24.5 Å². The van der Waals surface area contributed by atoms with Crippen molar-refractivity contribution in [3.63, 3.8) is 0 Å². The van der Waals surface area contributed by atoms with E-state index in [-0.39, 0.29) is 22.5 Å². The van der Waals surface area contributed by atoms with Crippen LogP contribution in [0.4, 0.5) is 10.2 Å². The minimum Gasteiger partial charge on any atom is -0.365 e. The van der Waals surface area contributed by atoms with Gasteiger partial charge in [-0.3, -0.25) is 14.3 Å². The molecule has 0 aliphatic rings. The van der Waals surface area contributed by atoms with Gasteiger partial charge in [-0.25, -0.2) is 4.39 Å². The first-order chi connectivity index (χ1) is 10.9. The summed E-state index contributed by atoms with van der Waals surface area (Å²) in [5.74, 6) is -1.92. The number of hydrogen-bond acceptors (Lipinski definition) is 5. The smallest absolute Gasteiger partial charge is 0.256 e. The molecule has 2 amide bonds. The Morgan fingerprint density at radius 3 is 2.74 bits per heavy atom. The Morgan fingerprint density at radius 2 is 2.17 bits per heavy atom. The molecule has 7 nitrogen and oxygen atoms in total. The number of rotatable bonds is 4. The summed E-state index contributed by atoms with van der Waals surface area (Å²) in [5.41, 5.74) is 5.25. The minimum atomic E-state index is -0.727. The average molecular weight is 333 g/mol. The van der Waals surface area contributed by atoms with Crippen LogP contribution in [0, 0.1) is 17.1 Å². The van der Waals surface area contributed by atoms with Gasteiger partial charge in [0.2, 0.25) is 0 Å². The molecule has 118 valence electrons. The van der Waals surface area contributed by atoms with Gasteiger partial charge in [-0.2, -0.15) is 10.4 Å². The van der Waals surface area contributed by atoms with Crippen LogP contribution >= 0.6 is 11.8 Å². The Hall–Kier alpha value is -2.86. The number of primary amides is 1. The zero-order valence-electron chi connectivity index (χ0n) is 12.3. The van der Waals surface area contributed by atoms with E-state index in [0.29, 0.717) is 5.03 Å². The van der Waals surface area contributed by atoms with Crippen LogP contribution in [0.15, 0.2) is 23.2 Å². The fraction of sp³-hybridized carbons (Fsp3) is 0.143. The van der Waals surface area contributed by atoms with Crippen molar-refractivity contribution in [2.75, 3.05) is 11.6 Å². The molecule has 0 radical (unpaired) electrons. The number of halogens is 1. The second-order valence-corrected chi connectivity index (χ2v) is 5.28. The number of nitriles is 1. The number of amides is 2. The van der Waals surface area contributed by atoms with Gasteiger partial charge in [0, 0.05) is 12.6 Å². The van der Waals surface area contributed by atoms with Gasteiger partial charge >= 0.3 is 0 Å². The van der Waals surface area contributed by atoms with E-state index >= 15 is 0 Å². The van der Waals surface area contributed by atoms with Crippen molar-refractivity contribution in [2.45, 2.75) is 5.03 Å². The molecule has 2 rings (SSSR count). The Balaban J connectivity index is 2.40. The predicted octanol–water partition coefficient (Wildman–Crippen LogP) is 1.50. The molecule has 0 atom stereocenters. The number of thioether (sulfide) groups is 1. The highest BCUT2D eigenvalue weighted by Crippen LogP contribution is 2.26. The second-order valence-electron chi connectivity index (χ2n) is 4.48. The third-order valence-corrected chi connectivity index (χ3v) is 3.71. The molecule has 0 spiro atoms. The van der Waals surface area contributed by atoms with Crippen molar-refractivity contribution < 1.29 is 14.0 Å². The standard InChI is InChI=1S/C14H12FN5O2S/c1-20-12(10(11(17)21)14(19-20)23-2)18-13(22)7-3-4-9(15)8(5-7)6-16/h3-5H,1-2H3,(H2,17,21)(H,18,22). The largest absolute Gasteiger partial charge is 0.365 e. The average Bonchev–Trinajstić information content (AvgIpc) is 2.83. The quantitative estimate of drug-likeness (QED) is 0.823. The van der Waals surface area contributed by atoms with Gasteiger partial charge in [-0.15, -0.1) is 11.8 Å². The first-order valence-corrected chi connectivity index (χ1v) is 7.53. The molecule has 3 N–H and O–H groups in total. The maximum absolute atomic E-state index is 13.3. The number of hydrogen-bond donors (Lipinski definition) is 2. The van der Waals surface area contributed by atoms with Crippen LogP contribution in [0.5, 0.6) is 0 Å². The van der Waals surface area contributed by atoms with Crippen LogP contribution in [0.3, 0.4) is 0 Å². The number of nitrogens with zero attached hydrogens (tertiary/aromatic N) is 3. The summed E-state index contributed by atoms with van der Waals surface area (Å²) in [6, 6.07) is 5.05. The van der Waals surface area contributed by atoms with E-state index in [1.807, 2.05) is 0 Å². The molecular formula is C14H12FN5O2S. The molecule has 0 fully saturated rings. The van der Waals surface area contributed by atoms with Crippen molar-refractivity contribution in [3.8, 4) is 6.07 Å². The maximum atomic E-state index is 13.3. The molecule has 0 unspecified atom stereocenters. The number of carbonyl (C=O) groups excluding carboxylic acids is 2. The molecule has 0 bridgehead atoms. The van der Waals surface area contributed by atoms with Crippen LogP contribution in [0.2, 0.25) is 0 Å². The number of aromatic nitrogens is 2. The molecule has 23 heavy (non-hydrogen) atoms. The molecular weight excluding hydrogens is 321 g/mol. The molecule has 2 aromatic rings. The highest BCUT2D eigenvalue weighted by Gasteiger charge is 2.22. The van der Waals surface area contributed by atoms with E-state index in [0.717, 1.165) is 12.1 Å². The van der Waals surface area contributed by atoms with Crippen molar-refractivity contribution in [2.24, 2.45) is 12.8 Å². The number of benzene rings is 1. The third kappa shape index (κ3) is 3.17. The molecule has 1 heterocycles. The highest BCUT2D eigenvalue weighted by molar-refractivity contribution is 7.98. The minimum absolute atomic E-state index is 0.0743. The number of anilines is 1. The van der Waals surface area contributed by atoms with E-state index < -0.39 is 17.6 Å². The summed E-state index contributed by atoms with van der Waals surface area (Å²) in [6.45, 7) is 0. The van der Waals surface area contributed by atoms with Crippen LogP contribution in [0.1, 0.15) is 26.3 Å². The van der Waals surface area contributed by atoms with Gasteiger partial charge in [-0.1, -0.05) is 0 Å². The fourth-order valence-corrected chi connectivity index (χ4v) is 2.55. The topological polar surface area (TPSA) is 114 Å². The predicted molar refractivity (Wildman–Crippen MR) is 82.6 cm³/mol. The maximum Gasteiger partial charge on any atom is 0.256 e. The van der Waals surface area contributed by atoms with Gasteiger partial charge in [0.1, 0.15) is 28.3 Å². The first kappa shape index (κ1) is 16.5. The Bertz CT molecular complexity index is 840. The van der Waals surface area contributed by atoms with Crippen molar-refractivity contribution in [3.05, 3.63) is 40.7 Å². The van der Waals surface area contributed by atoms with Gasteiger partial charge < -0.3 is 11.1 Å². The Kier molecular flexibility index (Phi) is 4.66. The lowest BCUT2D eigenvalue weighted by atomic mass is 10.1. The van der Waals surface area contributed by atoms with E-state index in [1.54, 1.807) is 19.4 Å². The molecule has 0 aliphatic carbocycles. The van der Waals surface area contributed by atoms with Crippen LogP contribution in [-0.2, 0) is 7.05 Å². The van der Waals surface area contributed by atoms with Crippen molar-refractivity contribution >= 4 is 29.4 Å². The lowest BCUT2D eigenvalue weighted by Gasteiger charge is -2.07. The van der Waals surface area contributed by atoms with E-state index in [9.17, 15) is 14.0 Å². The lowest BCUT2D eigenvalue weighted by Crippen LogP contribution is -2.19. The SMILES string of the molecule is CSc1nn(C)c(NC(=O)c2ccc(F)c(C#N)c2)c1C(N)=O. The van der Waals surface area contributed by atoms with E-state index in [4.69, 9.17) is 11.0 Å². The molecule has 1 aromatic carbocycles. The second kappa shape index (κ2) is 6.50. The normalized spacial score (nSPS) is 10.2. The number of aryl methyl sites for hydroxylation is 1. The van der Waals surface area contributed by atoms with E-state index in [2.05, 4.69) is 10.4 Å².